The van der Waals surface area contributed by atoms with Crippen LogP contribution in [-0.2, 0) is 0 Å². The van der Waals surface area contributed by atoms with Crippen LogP contribution in [0.4, 0.5) is 0 Å². The van der Waals surface area contributed by atoms with Gasteiger partial charge in [-0.2, -0.15) is 0 Å². The smallest absolute Gasteiger partial charge is 0.0914 e. The van der Waals surface area contributed by atoms with Gasteiger partial charge >= 0.3 is 0 Å². The summed E-state index contributed by atoms with van der Waals surface area (Å²) in [6, 6.07) is 9.84. The van der Waals surface area contributed by atoms with E-state index < -0.39 is 0 Å². The molecule has 0 bridgehead atoms. The first-order valence-corrected chi connectivity index (χ1v) is 7.28. The van der Waals surface area contributed by atoms with E-state index in [0.717, 1.165) is 12.1 Å². The predicted molar refractivity (Wildman–Crippen MR) is 77.6 cm³/mol. The lowest BCUT2D eigenvalue weighted by Gasteiger charge is -2.12. The highest BCUT2D eigenvalue weighted by atomic mass is 16.3. The Kier molecular flexibility index (Phi) is 8.53. The van der Waals surface area contributed by atoms with Crippen molar-refractivity contribution in [3.05, 3.63) is 35.9 Å². The van der Waals surface area contributed by atoms with E-state index in [1.165, 1.54) is 38.5 Å². The van der Waals surface area contributed by atoms with Crippen molar-refractivity contribution in [1.82, 2.24) is 5.32 Å². The van der Waals surface area contributed by atoms with Gasteiger partial charge in [-0.15, -0.1) is 0 Å². The van der Waals surface area contributed by atoms with Gasteiger partial charge in [0.15, 0.2) is 0 Å². The average molecular weight is 249 g/mol. The van der Waals surface area contributed by atoms with Gasteiger partial charge in [0.2, 0.25) is 0 Å². The second-order valence-corrected chi connectivity index (χ2v) is 4.90. The minimum atomic E-state index is -0.383. The highest BCUT2D eigenvalue weighted by Crippen LogP contribution is 2.10. The molecule has 0 radical (unpaired) electrons. The van der Waals surface area contributed by atoms with Crippen molar-refractivity contribution in [2.45, 2.75) is 51.6 Å². The largest absolute Gasteiger partial charge is 0.387 e. The van der Waals surface area contributed by atoms with Gasteiger partial charge in [-0.3, -0.25) is 0 Å². The molecule has 0 fully saturated rings. The van der Waals surface area contributed by atoms with Crippen molar-refractivity contribution in [3.63, 3.8) is 0 Å². The zero-order valence-electron chi connectivity index (χ0n) is 11.6. The monoisotopic (exact) mass is 249 g/mol. The van der Waals surface area contributed by atoms with E-state index in [-0.39, 0.29) is 6.10 Å². The Bertz CT molecular complexity index is 286. The second-order valence-electron chi connectivity index (χ2n) is 4.90. The predicted octanol–water partition coefficient (Wildman–Crippen LogP) is 3.67. The molecule has 0 saturated heterocycles. The van der Waals surface area contributed by atoms with Gasteiger partial charge in [0.05, 0.1) is 6.10 Å². The maximum atomic E-state index is 9.93. The molecule has 0 unspecified atom stereocenters. The molecule has 1 rings (SSSR count). The van der Waals surface area contributed by atoms with Crippen molar-refractivity contribution < 1.29 is 5.11 Å². The molecular formula is C16H27NO. The number of benzene rings is 1. The fourth-order valence-corrected chi connectivity index (χ4v) is 2.06. The fraction of sp³-hybridized carbons (Fsp3) is 0.625. The number of hydrogen-bond acceptors (Lipinski definition) is 2. The first-order chi connectivity index (χ1) is 8.84. The molecule has 1 aromatic carbocycles. The molecule has 0 amide bonds. The normalized spacial score (nSPS) is 12.6. The van der Waals surface area contributed by atoms with E-state index in [9.17, 15) is 5.11 Å². The van der Waals surface area contributed by atoms with E-state index in [0.29, 0.717) is 6.54 Å². The van der Waals surface area contributed by atoms with Gasteiger partial charge in [-0.25, -0.2) is 0 Å². The van der Waals surface area contributed by atoms with Gasteiger partial charge in [0.1, 0.15) is 0 Å². The summed E-state index contributed by atoms with van der Waals surface area (Å²) in [5.74, 6) is 0. The van der Waals surface area contributed by atoms with Crippen molar-refractivity contribution in [2.75, 3.05) is 13.1 Å². The van der Waals surface area contributed by atoms with Crippen LogP contribution in [0.15, 0.2) is 30.3 Å². The topological polar surface area (TPSA) is 32.3 Å². The molecule has 0 heterocycles. The Morgan fingerprint density at radius 3 is 2.39 bits per heavy atom. The van der Waals surface area contributed by atoms with Gasteiger partial charge in [-0.1, -0.05) is 69.4 Å². The van der Waals surface area contributed by atoms with E-state index in [4.69, 9.17) is 0 Å². The first-order valence-electron chi connectivity index (χ1n) is 7.28. The molecular weight excluding hydrogens is 222 g/mol. The lowest BCUT2D eigenvalue weighted by atomic mass is 10.1. The van der Waals surface area contributed by atoms with Crippen molar-refractivity contribution in [3.8, 4) is 0 Å². The van der Waals surface area contributed by atoms with Crippen molar-refractivity contribution in [1.29, 1.82) is 0 Å². The molecule has 102 valence electrons. The van der Waals surface area contributed by atoms with Crippen molar-refractivity contribution in [2.24, 2.45) is 0 Å². The maximum absolute atomic E-state index is 9.93. The molecule has 1 aromatic rings. The van der Waals surface area contributed by atoms with Crippen LogP contribution in [0.25, 0.3) is 0 Å². The highest BCUT2D eigenvalue weighted by molar-refractivity contribution is 5.17. The number of aliphatic hydroxyl groups excluding tert-OH is 1. The zero-order valence-corrected chi connectivity index (χ0v) is 11.6. The van der Waals surface area contributed by atoms with Gasteiger partial charge in [0, 0.05) is 6.54 Å². The van der Waals surface area contributed by atoms with Crippen LogP contribution in [0.5, 0.6) is 0 Å². The van der Waals surface area contributed by atoms with Crippen LogP contribution >= 0.6 is 0 Å². The molecule has 2 N–H and O–H groups in total. The minimum absolute atomic E-state index is 0.383. The van der Waals surface area contributed by atoms with E-state index in [1.54, 1.807) is 0 Å². The van der Waals surface area contributed by atoms with Crippen LogP contribution in [0.2, 0.25) is 0 Å². The van der Waals surface area contributed by atoms with Gasteiger partial charge in [-0.05, 0) is 18.5 Å². The van der Waals surface area contributed by atoms with E-state index in [1.807, 2.05) is 30.3 Å². The van der Waals surface area contributed by atoms with E-state index >= 15 is 0 Å². The van der Waals surface area contributed by atoms with E-state index in [2.05, 4.69) is 12.2 Å². The number of nitrogens with one attached hydrogen (secondary N) is 1. The number of unbranched alkanes of at least 4 members (excludes halogenated alkanes) is 5. The first kappa shape index (κ1) is 15.2. The Labute approximate surface area is 111 Å². The highest BCUT2D eigenvalue weighted by Gasteiger charge is 2.04. The van der Waals surface area contributed by atoms with Crippen LogP contribution in [0.3, 0.4) is 0 Å². The van der Waals surface area contributed by atoms with Gasteiger partial charge in [0.25, 0.3) is 0 Å². The van der Waals surface area contributed by atoms with Crippen LogP contribution in [0, 0.1) is 0 Å². The van der Waals surface area contributed by atoms with Crippen LogP contribution < -0.4 is 5.32 Å². The minimum Gasteiger partial charge on any atom is -0.387 e. The summed E-state index contributed by atoms with van der Waals surface area (Å²) in [5, 5.41) is 13.3. The molecule has 1 atom stereocenters. The Morgan fingerprint density at radius 1 is 1.00 bits per heavy atom. The van der Waals surface area contributed by atoms with Gasteiger partial charge < -0.3 is 10.4 Å². The number of rotatable bonds is 10. The SMILES string of the molecule is CCCCCCCCNC[C@H](O)c1ccccc1. The summed E-state index contributed by atoms with van der Waals surface area (Å²) < 4.78 is 0. The Hall–Kier alpha value is -0.860. The lowest BCUT2D eigenvalue weighted by Crippen LogP contribution is -2.22. The van der Waals surface area contributed by atoms with Crippen molar-refractivity contribution >= 4 is 0 Å². The quantitative estimate of drug-likeness (QED) is 0.620. The zero-order chi connectivity index (χ0) is 13.1. The maximum Gasteiger partial charge on any atom is 0.0914 e. The fourth-order valence-electron chi connectivity index (χ4n) is 2.06. The summed E-state index contributed by atoms with van der Waals surface area (Å²) in [5.41, 5.74) is 0.993. The number of aliphatic hydroxyl groups is 1. The molecule has 0 saturated carbocycles. The molecule has 18 heavy (non-hydrogen) atoms. The third-order valence-electron chi connectivity index (χ3n) is 3.23. The Morgan fingerprint density at radius 2 is 1.67 bits per heavy atom. The molecule has 0 aliphatic heterocycles. The number of hydrogen-bond donors (Lipinski definition) is 2. The molecule has 0 aromatic heterocycles. The standard InChI is InChI=1S/C16H27NO/c1-2-3-4-5-6-10-13-17-14-16(18)15-11-8-7-9-12-15/h7-9,11-12,16-18H,2-6,10,13-14H2,1H3/t16-/m0/s1. The molecule has 2 heteroatoms. The average Bonchev–Trinajstić information content (AvgIpc) is 2.42. The third-order valence-corrected chi connectivity index (χ3v) is 3.23. The Balaban J connectivity index is 1.98. The molecule has 2 nitrogen and oxygen atoms in total. The summed E-state index contributed by atoms with van der Waals surface area (Å²) in [4.78, 5) is 0. The summed E-state index contributed by atoms with van der Waals surface area (Å²) >= 11 is 0. The summed E-state index contributed by atoms with van der Waals surface area (Å²) in [6.07, 6.45) is 7.51. The van der Waals surface area contributed by atoms with Crippen LogP contribution in [0.1, 0.15) is 57.1 Å². The molecule has 0 aliphatic rings. The summed E-state index contributed by atoms with van der Waals surface area (Å²) in [7, 11) is 0. The lowest BCUT2D eigenvalue weighted by molar-refractivity contribution is 0.174. The van der Waals surface area contributed by atoms with Crippen LogP contribution in [-0.4, -0.2) is 18.2 Å². The third kappa shape index (κ3) is 6.77. The molecule has 0 aliphatic carbocycles. The second kappa shape index (κ2) is 10.1. The molecule has 0 spiro atoms. The summed E-state index contributed by atoms with van der Waals surface area (Å²) in [6.45, 7) is 3.90.